The molecule has 0 N–H and O–H groups in total. The molecule has 28 heavy (non-hydrogen) atoms. The largest absolute Gasteiger partial charge is 0.498 e. The Hall–Kier alpha value is -2.56. The molecule has 0 atom stereocenters. The molecule has 1 aliphatic heterocycles. The highest BCUT2D eigenvalue weighted by Gasteiger charge is 2.52. The molecule has 1 saturated heterocycles. The van der Waals surface area contributed by atoms with E-state index in [1.165, 1.54) is 11.1 Å². The van der Waals surface area contributed by atoms with Gasteiger partial charge in [-0.1, -0.05) is 60.7 Å². The number of para-hydroxylation sites is 1. The lowest BCUT2D eigenvalue weighted by Crippen LogP contribution is -2.41. The molecular weight excluding hydrogens is 347 g/mol. The zero-order chi connectivity index (χ0) is 19.5. The van der Waals surface area contributed by atoms with Crippen molar-refractivity contribution < 1.29 is 13.7 Å². The predicted molar refractivity (Wildman–Crippen MR) is 115 cm³/mol. The van der Waals surface area contributed by atoms with Crippen molar-refractivity contribution in [3.8, 4) is 11.1 Å². The Bertz CT molecular complexity index is 1160. The fraction of sp³-hybridized carbons (Fsp3) is 0.250. The van der Waals surface area contributed by atoms with E-state index in [4.69, 9.17) is 13.7 Å². The topological polar surface area (TPSA) is 31.6 Å². The van der Waals surface area contributed by atoms with Crippen LogP contribution in [0.4, 0.5) is 0 Å². The Labute approximate surface area is 165 Å². The van der Waals surface area contributed by atoms with Gasteiger partial charge in [-0.2, -0.15) is 0 Å². The first-order valence-electron chi connectivity index (χ1n) is 9.73. The lowest BCUT2D eigenvalue weighted by molar-refractivity contribution is 0.00578. The summed E-state index contributed by atoms with van der Waals surface area (Å²) in [6.07, 6.45) is 0. The lowest BCUT2D eigenvalue weighted by Gasteiger charge is -2.32. The molecule has 0 spiro atoms. The van der Waals surface area contributed by atoms with Gasteiger partial charge < -0.3 is 13.7 Å². The van der Waals surface area contributed by atoms with E-state index in [0.29, 0.717) is 0 Å². The van der Waals surface area contributed by atoms with Crippen LogP contribution in [0.5, 0.6) is 0 Å². The molecule has 0 unspecified atom stereocenters. The maximum Gasteiger partial charge on any atom is 0.498 e. The normalized spacial score (nSPS) is 18.2. The van der Waals surface area contributed by atoms with E-state index < -0.39 is 7.12 Å². The Kier molecular flexibility index (Phi) is 3.74. The van der Waals surface area contributed by atoms with Crippen LogP contribution in [-0.4, -0.2) is 18.3 Å². The second kappa shape index (κ2) is 5.97. The van der Waals surface area contributed by atoms with E-state index in [1.54, 1.807) is 0 Å². The summed E-state index contributed by atoms with van der Waals surface area (Å²) in [4.78, 5) is 0. The average Bonchev–Trinajstić information content (AvgIpc) is 3.16. The third-order valence-corrected chi connectivity index (χ3v) is 6.15. The second-order valence-electron chi connectivity index (χ2n) is 8.46. The summed E-state index contributed by atoms with van der Waals surface area (Å²) < 4.78 is 18.9. The van der Waals surface area contributed by atoms with Crippen LogP contribution in [0.2, 0.25) is 0 Å². The molecule has 4 aromatic rings. The molecule has 0 saturated carbocycles. The molecule has 0 amide bonds. The van der Waals surface area contributed by atoms with Gasteiger partial charge in [-0.15, -0.1) is 0 Å². The first kappa shape index (κ1) is 17.5. The average molecular weight is 370 g/mol. The molecule has 4 heteroatoms. The summed E-state index contributed by atoms with van der Waals surface area (Å²) in [6, 6.07) is 22.8. The number of fused-ring (bicyclic) bond motifs is 3. The molecule has 3 aromatic carbocycles. The van der Waals surface area contributed by atoms with Gasteiger partial charge in [0.15, 0.2) is 0 Å². The van der Waals surface area contributed by atoms with Gasteiger partial charge in [-0.25, -0.2) is 0 Å². The molecular formula is C24H23BO3. The van der Waals surface area contributed by atoms with E-state index in [1.807, 2.05) is 24.3 Å². The first-order chi connectivity index (χ1) is 13.4. The minimum Gasteiger partial charge on any atom is -0.456 e. The molecule has 0 bridgehead atoms. The van der Waals surface area contributed by atoms with Gasteiger partial charge in [0, 0.05) is 16.2 Å². The summed E-state index contributed by atoms with van der Waals surface area (Å²) in [7, 11) is -0.450. The van der Waals surface area contributed by atoms with Gasteiger partial charge in [0.2, 0.25) is 0 Å². The zero-order valence-corrected chi connectivity index (χ0v) is 16.7. The zero-order valence-electron chi connectivity index (χ0n) is 16.7. The van der Waals surface area contributed by atoms with Crippen LogP contribution in [0, 0.1) is 0 Å². The molecule has 0 radical (unpaired) electrons. The molecule has 3 nitrogen and oxygen atoms in total. The minimum absolute atomic E-state index is 0.388. The van der Waals surface area contributed by atoms with Gasteiger partial charge in [-0.05, 0) is 44.9 Å². The molecule has 140 valence electrons. The van der Waals surface area contributed by atoms with Gasteiger partial charge >= 0.3 is 7.12 Å². The van der Waals surface area contributed by atoms with Gasteiger partial charge in [-0.3, -0.25) is 0 Å². The van der Waals surface area contributed by atoms with Crippen molar-refractivity contribution in [2.24, 2.45) is 0 Å². The highest BCUT2D eigenvalue weighted by atomic mass is 16.7. The van der Waals surface area contributed by atoms with Crippen LogP contribution in [0.15, 0.2) is 71.1 Å². The van der Waals surface area contributed by atoms with Crippen molar-refractivity contribution in [3.63, 3.8) is 0 Å². The Balaban J connectivity index is 1.73. The number of hydrogen-bond acceptors (Lipinski definition) is 3. The molecule has 5 rings (SSSR count). The van der Waals surface area contributed by atoms with Gasteiger partial charge in [0.05, 0.1) is 11.2 Å². The smallest absolute Gasteiger partial charge is 0.456 e. The fourth-order valence-electron chi connectivity index (χ4n) is 3.88. The molecule has 1 aliphatic rings. The van der Waals surface area contributed by atoms with E-state index in [2.05, 4.69) is 70.2 Å². The van der Waals surface area contributed by atoms with Crippen molar-refractivity contribution in [2.75, 3.05) is 0 Å². The van der Waals surface area contributed by atoms with E-state index in [0.717, 1.165) is 27.4 Å². The van der Waals surface area contributed by atoms with Crippen LogP contribution in [0.3, 0.4) is 0 Å². The van der Waals surface area contributed by atoms with Gasteiger partial charge in [0.25, 0.3) is 0 Å². The maximum atomic E-state index is 6.33. The Morgan fingerprint density at radius 2 is 1.39 bits per heavy atom. The van der Waals surface area contributed by atoms with E-state index >= 15 is 0 Å². The van der Waals surface area contributed by atoms with Crippen LogP contribution in [0.1, 0.15) is 27.7 Å². The highest BCUT2D eigenvalue weighted by molar-refractivity contribution is 6.65. The predicted octanol–water partition coefficient (Wildman–Crippen LogP) is 5.55. The third-order valence-electron chi connectivity index (χ3n) is 6.15. The first-order valence-corrected chi connectivity index (χ1v) is 9.73. The summed E-state index contributed by atoms with van der Waals surface area (Å²) in [5.74, 6) is 0. The van der Waals surface area contributed by atoms with Crippen LogP contribution in [-0.2, 0) is 9.31 Å². The third kappa shape index (κ3) is 2.52. The monoisotopic (exact) mass is 370 g/mol. The summed E-state index contributed by atoms with van der Waals surface area (Å²) in [5, 5.41) is 2.21. The van der Waals surface area contributed by atoms with Crippen LogP contribution in [0.25, 0.3) is 33.1 Å². The minimum atomic E-state index is -0.450. The highest BCUT2D eigenvalue weighted by Crippen LogP contribution is 2.39. The van der Waals surface area contributed by atoms with E-state index in [9.17, 15) is 0 Å². The number of rotatable bonds is 2. The maximum absolute atomic E-state index is 6.33. The quantitative estimate of drug-likeness (QED) is 0.434. The Morgan fingerprint density at radius 3 is 2.11 bits per heavy atom. The van der Waals surface area contributed by atoms with Gasteiger partial charge in [0.1, 0.15) is 11.2 Å². The summed E-state index contributed by atoms with van der Waals surface area (Å²) in [5.41, 5.74) is 4.22. The molecule has 1 aromatic heterocycles. The standard InChI is InChI=1S/C24H23BO3/c1-23(2)24(3,4)28-25(27-23)19-14-8-13-18-21-17(16-10-6-5-7-11-16)12-9-15-20(21)26-22(18)19/h5-15H,1-4H3. The molecule has 0 aliphatic carbocycles. The van der Waals surface area contributed by atoms with Crippen LogP contribution < -0.4 is 5.46 Å². The van der Waals surface area contributed by atoms with Crippen molar-refractivity contribution >= 4 is 34.5 Å². The SMILES string of the molecule is CC1(C)OB(c2cccc3c2oc2cccc(-c4ccccc4)c23)OC1(C)C. The summed E-state index contributed by atoms with van der Waals surface area (Å²) in [6.45, 7) is 8.27. The Morgan fingerprint density at radius 1 is 0.714 bits per heavy atom. The molecule has 1 fully saturated rings. The molecule has 2 heterocycles. The number of furan rings is 1. The van der Waals surface area contributed by atoms with Crippen molar-refractivity contribution in [1.82, 2.24) is 0 Å². The fourth-order valence-corrected chi connectivity index (χ4v) is 3.88. The van der Waals surface area contributed by atoms with E-state index in [-0.39, 0.29) is 11.2 Å². The van der Waals surface area contributed by atoms with Crippen LogP contribution >= 0.6 is 0 Å². The number of benzene rings is 3. The number of hydrogen-bond donors (Lipinski definition) is 0. The van der Waals surface area contributed by atoms with Crippen molar-refractivity contribution in [2.45, 2.75) is 38.9 Å². The second-order valence-corrected chi connectivity index (χ2v) is 8.46. The van der Waals surface area contributed by atoms with Crippen molar-refractivity contribution in [3.05, 3.63) is 66.7 Å². The lowest BCUT2D eigenvalue weighted by atomic mass is 9.78. The summed E-state index contributed by atoms with van der Waals surface area (Å²) >= 11 is 0. The van der Waals surface area contributed by atoms with Crippen molar-refractivity contribution in [1.29, 1.82) is 0 Å².